The van der Waals surface area contributed by atoms with Crippen molar-refractivity contribution < 1.29 is 4.74 Å². The van der Waals surface area contributed by atoms with Crippen LogP contribution in [0.4, 0.5) is 0 Å². The van der Waals surface area contributed by atoms with Crippen LogP contribution in [0.5, 0.6) is 5.75 Å². The highest BCUT2D eigenvalue weighted by molar-refractivity contribution is 9.10. The van der Waals surface area contributed by atoms with E-state index in [1.807, 2.05) is 12.1 Å². The van der Waals surface area contributed by atoms with Crippen LogP contribution >= 0.6 is 38.9 Å². The molecule has 0 aliphatic carbocycles. The first-order valence-electron chi connectivity index (χ1n) is 6.13. The maximum Gasteiger partial charge on any atom is 0.119 e. The number of alkyl halides is 1. The largest absolute Gasteiger partial charge is 0.497 e. The molecule has 0 N–H and O–H groups in total. The van der Waals surface area contributed by atoms with Crippen LogP contribution in [-0.4, -0.2) is 13.0 Å². The Morgan fingerprint density at radius 2 is 2.16 bits per heavy atom. The zero-order chi connectivity index (χ0) is 13.7. The normalized spacial score (nSPS) is 12.4. The fraction of sp³-hybridized carbons (Fsp3) is 0.333. The molecule has 1 aromatic heterocycles. The van der Waals surface area contributed by atoms with Gasteiger partial charge in [-0.2, -0.15) is 0 Å². The standard InChI is InChI=1S/C15H16BrClOS/c1-18-14-4-2-3-11(6-14)5-12(9-17)7-15-8-13(16)10-19-15/h2-4,6,8,10,12H,5,7,9H2,1H3. The van der Waals surface area contributed by atoms with E-state index in [0.717, 1.165) is 23.1 Å². The van der Waals surface area contributed by atoms with Crippen LogP contribution in [0, 0.1) is 5.92 Å². The molecule has 0 aliphatic rings. The summed E-state index contributed by atoms with van der Waals surface area (Å²) >= 11 is 11.4. The minimum atomic E-state index is 0.458. The van der Waals surface area contributed by atoms with Crippen LogP contribution < -0.4 is 4.74 Å². The van der Waals surface area contributed by atoms with Crippen molar-refractivity contribution >= 4 is 38.9 Å². The minimum absolute atomic E-state index is 0.458. The molecule has 1 nitrogen and oxygen atoms in total. The van der Waals surface area contributed by atoms with Crippen LogP contribution in [0.2, 0.25) is 0 Å². The lowest BCUT2D eigenvalue weighted by atomic mass is 9.97. The summed E-state index contributed by atoms with van der Waals surface area (Å²) in [5, 5.41) is 2.12. The van der Waals surface area contributed by atoms with Gasteiger partial charge < -0.3 is 4.74 Å². The first-order chi connectivity index (χ1) is 9.21. The Kier molecular flexibility index (Phi) is 5.74. The van der Waals surface area contributed by atoms with Gasteiger partial charge in [0.05, 0.1) is 7.11 Å². The second kappa shape index (κ2) is 7.32. The van der Waals surface area contributed by atoms with E-state index in [1.54, 1.807) is 18.4 Å². The van der Waals surface area contributed by atoms with Gasteiger partial charge in [-0.3, -0.25) is 0 Å². The lowest BCUT2D eigenvalue weighted by Gasteiger charge is -2.13. The number of benzene rings is 1. The Hall–Kier alpha value is -0.510. The number of ether oxygens (including phenoxy) is 1. The number of thiophene rings is 1. The zero-order valence-electron chi connectivity index (χ0n) is 10.7. The monoisotopic (exact) mass is 358 g/mol. The summed E-state index contributed by atoms with van der Waals surface area (Å²) in [5.41, 5.74) is 1.28. The molecule has 1 atom stereocenters. The van der Waals surface area contributed by atoms with Crippen molar-refractivity contribution in [1.82, 2.24) is 0 Å². The lowest BCUT2D eigenvalue weighted by molar-refractivity contribution is 0.414. The van der Waals surface area contributed by atoms with E-state index in [1.165, 1.54) is 10.4 Å². The molecule has 2 rings (SSSR count). The number of methoxy groups -OCH3 is 1. The molecule has 0 saturated carbocycles. The molecule has 4 heteroatoms. The molecule has 19 heavy (non-hydrogen) atoms. The fourth-order valence-corrected chi connectivity index (χ4v) is 3.84. The number of hydrogen-bond acceptors (Lipinski definition) is 2. The third-order valence-corrected chi connectivity index (χ3v) is 5.14. The topological polar surface area (TPSA) is 9.23 Å². The van der Waals surface area contributed by atoms with Gasteiger partial charge in [-0.25, -0.2) is 0 Å². The van der Waals surface area contributed by atoms with E-state index >= 15 is 0 Å². The molecule has 0 spiro atoms. The van der Waals surface area contributed by atoms with Gasteiger partial charge in [-0.1, -0.05) is 12.1 Å². The molecule has 1 aromatic carbocycles. The Bertz CT molecular complexity index is 526. The van der Waals surface area contributed by atoms with Gasteiger partial charge in [-0.15, -0.1) is 22.9 Å². The highest BCUT2D eigenvalue weighted by Gasteiger charge is 2.11. The van der Waals surface area contributed by atoms with E-state index in [-0.39, 0.29) is 0 Å². The van der Waals surface area contributed by atoms with Crippen LogP contribution in [-0.2, 0) is 12.8 Å². The van der Waals surface area contributed by atoms with Gasteiger partial charge in [0.15, 0.2) is 0 Å². The number of hydrogen-bond donors (Lipinski definition) is 0. The Labute approximate surface area is 131 Å². The summed E-state index contributed by atoms with van der Waals surface area (Å²) in [4.78, 5) is 1.38. The summed E-state index contributed by atoms with van der Waals surface area (Å²) in [5.74, 6) is 2.04. The van der Waals surface area contributed by atoms with Crippen LogP contribution in [0.15, 0.2) is 40.2 Å². The van der Waals surface area contributed by atoms with Crippen molar-refractivity contribution in [3.8, 4) is 5.75 Å². The van der Waals surface area contributed by atoms with Gasteiger partial charge in [0.1, 0.15) is 5.75 Å². The lowest BCUT2D eigenvalue weighted by Crippen LogP contribution is -2.09. The molecule has 1 unspecified atom stereocenters. The molecule has 0 bridgehead atoms. The highest BCUT2D eigenvalue weighted by Crippen LogP contribution is 2.25. The molecule has 2 aromatic rings. The van der Waals surface area contributed by atoms with Crippen molar-refractivity contribution in [1.29, 1.82) is 0 Å². The molecule has 1 heterocycles. The summed E-state index contributed by atoms with van der Waals surface area (Å²) in [6.07, 6.45) is 2.01. The molecular weight excluding hydrogens is 344 g/mol. The maximum absolute atomic E-state index is 6.11. The van der Waals surface area contributed by atoms with Crippen molar-refractivity contribution in [3.05, 3.63) is 50.6 Å². The molecule has 0 fully saturated rings. The molecule has 0 radical (unpaired) electrons. The predicted octanol–water partition coefficient (Wildman–Crippen LogP) is 5.16. The van der Waals surface area contributed by atoms with E-state index in [0.29, 0.717) is 11.8 Å². The van der Waals surface area contributed by atoms with Crippen molar-refractivity contribution in [2.45, 2.75) is 12.8 Å². The Morgan fingerprint density at radius 1 is 1.32 bits per heavy atom. The zero-order valence-corrected chi connectivity index (χ0v) is 13.9. The van der Waals surface area contributed by atoms with Crippen LogP contribution in [0.3, 0.4) is 0 Å². The molecule has 102 valence electrons. The minimum Gasteiger partial charge on any atom is -0.497 e. The van der Waals surface area contributed by atoms with Crippen molar-refractivity contribution in [2.75, 3.05) is 13.0 Å². The van der Waals surface area contributed by atoms with E-state index in [2.05, 4.69) is 39.5 Å². The van der Waals surface area contributed by atoms with E-state index < -0.39 is 0 Å². The van der Waals surface area contributed by atoms with Gasteiger partial charge in [0.2, 0.25) is 0 Å². The fourth-order valence-electron chi connectivity index (χ4n) is 2.06. The molecule has 0 saturated heterocycles. The number of halogens is 2. The van der Waals surface area contributed by atoms with E-state index in [4.69, 9.17) is 16.3 Å². The van der Waals surface area contributed by atoms with Gasteiger partial charge in [0.25, 0.3) is 0 Å². The maximum atomic E-state index is 6.11. The first kappa shape index (κ1) is 14.9. The first-order valence-corrected chi connectivity index (χ1v) is 8.33. The van der Waals surface area contributed by atoms with Gasteiger partial charge in [0, 0.05) is 20.6 Å². The molecule has 0 aliphatic heterocycles. The highest BCUT2D eigenvalue weighted by atomic mass is 79.9. The SMILES string of the molecule is COc1cccc(CC(CCl)Cc2cc(Br)cs2)c1. The average molecular weight is 360 g/mol. The molecular formula is C15H16BrClOS. The third kappa shape index (κ3) is 4.51. The van der Waals surface area contributed by atoms with Crippen LogP contribution in [0.25, 0.3) is 0 Å². The van der Waals surface area contributed by atoms with Gasteiger partial charge >= 0.3 is 0 Å². The smallest absolute Gasteiger partial charge is 0.119 e. The summed E-state index contributed by atoms with van der Waals surface area (Å²) in [7, 11) is 1.70. The Balaban J connectivity index is 2.01. The summed E-state index contributed by atoms with van der Waals surface area (Å²) < 4.78 is 6.41. The van der Waals surface area contributed by atoms with Crippen molar-refractivity contribution in [3.63, 3.8) is 0 Å². The Morgan fingerprint density at radius 3 is 2.79 bits per heavy atom. The predicted molar refractivity (Wildman–Crippen MR) is 86.6 cm³/mol. The van der Waals surface area contributed by atoms with Crippen molar-refractivity contribution in [2.24, 2.45) is 5.92 Å². The average Bonchev–Trinajstić information content (AvgIpc) is 2.83. The summed E-state index contributed by atoms with van der Waals surface area (Å²) in [6, 6.07) is 10.4. The quantitative estimate of drug-likeness (QED) is 0.647. The third-order valence-electron chi connectivity index (χ3n) is 2.99. The number of rotatable bonds is 6. The van der Waals surface area contributed by atoms with Gasteiger partial charge in [-0.05, 0) is 58.5 Å². The van der Waals surface area contributed by atoms with E-state index in [9.17, 15) is 0 Å². The second-order valence-electron chi connectivity index (χ2n) is 4.51. The van der Waals surface area contributed by atoms with Crippen LogP contribution in [0.1, 0.15) is 10.4 Å². The summed E-state index contributed by atoms with van der Waals surface area (Å²) in [6.45, 7) is 0. The molecule has 0 amide bonds. The second-order valence-corrected chi connectivity index (χ2v) is 6.73.